The molecule has 0 heterocycles. The van der Waals surface area contributed by atoms with E-state index < -0.39 is 0 Å². The molecule has 90 valence electrons. The minimum atomic E-state index is 0.349. The second kappa shape index (κ2) is 5.90. The van der Waals surface area contributed by atoms with Crippen molar-refractivity contribution in [2.45, 2.75) is 20.8 Å². The molecule has 0 radical (unpaired) electrons. The molecule has 0 unspecified atom stereocenters. The number of ether oxygens (including phenoxy) is 1. The first kappa shape index (κ1) is 13.0. The van der Waals surface area contributed by atoms with Crippen LogP contribution in [0.3, 0.4) is 0 Å². The highest BCUT2D eigenvalue weighted by atomic mass is 16.5. The summed E-state index contributed by atoms with van der Waals surface area (Å²) in [5.41, 5.74) is 0.349. The van der Waals surface area contributed by atoms with E-state index in [2.05, 4.69) is 32.7 Å². The molecule has 0 amide bonds. The molecule has 0 bridgehead atoms. The van der Waals surface area contributed by atoms with Crippen molar-refractivity contribution in [3.05, 3.63) is 30.3 Å². The fraction of sp³-hybridized carbons (Fsp3) is 0.571. The van der Waals surface area contributed by atoms with Crippen LogP contribution in [-0.2, 0) is 0 Å². The van der Waals surface area contributed by atoms with E-state index in [0.29, 0.717) is 5.41 Å². The SMILES string of the molecule is CN(CCOc1ccccc1)CC(C)(C)C. The minimum Gasteiger partial charge on any atom is -0.492 e. The number of nitrogens with zero attached hydrogens (tertiary/aromatic N) is 1. The molecule has 0 spiro atoms. The molecule has 1 rings (SSSR count). The van der Waals surface area contributed by atoms with Crippen LogP contribution in [-0.4, -0.2) is 31.6 Å². The first-order valence-corrected chi connectivity index (χ1v) is 5.84. The molecule has 0 aliphatic heterocycles. The molecule has 2 nitrogen and oxygen atoms in total. The van der Waals surface area contributed by atoms with E-state index in [9.17, 15) is 0 Å². The summed E-state index contributed by atoms with van der Waals surface area (Å²) >= 11 is 0. The summed E-state index contributed by atoms with van der Waals surface area (Å²) in [4.78, 5) is 2.31. The Morgan fingerprint density at radius 2 is 1.75 bits per heavy atom. The van der Waals surface area contributed by atoms with Crippen LogP contribution in [0.15, 0.2) is 30.3 Å². The number of para-hydroxylation sites is 1. The Kier molecular flexibility index (Phi) is 4.81. The fourth-order valence-electron chi connectivity index (χ4n) is 1.72. The third-order valence-corrected chi connectivity index (χ3v) is 2.23. The molecule has 0 saturated carbocycles. The Morgan fingerprint density at radius 1 is 1.12 bits per heavy atom. The van der Waals surface area contributed by atoms with Crippen molar-refractivity contribution in [3.8, 4) is 5.75 Å². The van der Waals surface area contributed by atoms with Crippen molar-refractivity contribution in [1.82, 2.24) is 4.90 Å². The summed E-state index contributed by atoms with van der Waals surface area (Å²) in [6, 6.07) is 9.97. The van der Waals surface area contributed by atoms with E-state index in [4.69, 9.17) is 4.74 Å². The average Bonchev–Trinajstić information content (AvgIpc) is 2.16. The highest BCUT2D eigenvalue weighted by Crippen LogP contribution is 2.14. The Balaban J connectivity index is 2.21. The van der Waals surface area contributed by atoms with Gasteiger partial charge in [0.2, 0.25) is 0 Å². The van der Waals surface area contributed by atoms with Crippen molar-refractivity contribution in [2.75, 3.05) is 26.7 Å². The monoisotopic (exact) mass is 221 g/mol. The molecular formula is C14H23NO. The largest absolute Gasteiger partial charge is 0.492 e. The molecule has 0 N–H and O–H groups in total. The molecule has 0 saturated heterocycles. The van der Waals surface area contributed by atoms with E-state index >= 15 is 0 Å². The summed E-state index contributed by atoms with van der Waals surface area (Å²) in [7, 11) is 2.14. The van der Waals surface area contributed by atoms with E-state index in [-0.39, 0.29) is 0 Å². The summed E-state index contributed by atoms with van der Waals surface area (Å²) in [5.74, 6) is 0.951. The van der Waals surface area contributed by atoms with Crippen LogP contribution in [0.2, 0.25) is 0 Å². The van der Waals surface area contributed by atoms with Crippen molar-refractivity contribution < 1.29 is 4.74 Å². The zero-order valence-corrected chi connectivity index (χ0v) is 10.9. The molecule has 2 heteroatoms. The summed E-state index contributed by atoms with van der Waals surface area (Å²) in [6.45, 7) is 9.55. The Morgan fingerprint density at radius 3 is 2.31 bits per heavy atom. The van der Waals surface area contributed by atoms with Gasteiger partial charge < -0.3 is 9.64 Å². The van der Waals surface area contributed by atoms with Crippen molar-refractivity contribution in [3.63, 3.8) is 0 Å². The lowest BCUT2D eigenvalue weighted by atomic mass is 9.96. The van der Waals surface area contributed by atoms with Crippen LogP contribution >= 0.6 is 0 Å². The Labute approximate surface area is 99.2 Å². The first-order valence-electron chi connectivity index (χ1n) is 5.84. The van der Waals surface area contributed by atoms with Gasteiger partial charge >= 0.3 is 0 Å². The fourth-order valence-corrected chi connectivity index (χ4v) is 1.72. The number of hydrogen-bond acceptors (Lipinski definition) is 2. The van der Waals surface area contributed by atoms with E-state index in [0.717, 1.165) is 25.4 Å². The summed E-state index contributed by atoms with van der Waals surface area (Å²) in [6.07, 6.45) is 0. The van der Waals surface area contributed by atoms with Crippen LogP contribution in [0.4, 0.5) is 0 Å². The van der Waals surface area contributed by atoms with Gasteiger partial charge in [0.1, 0.15) is 12.4 Å². The quantitative estimate of drug-likeness (QED) is 0.757. The van der Waals surface area contributed by atoms with Gasteiger partial charge in [0.25, 0.3) is 0 Å². The van der Waals surface area contributed by atoms with Crippen LogP contribution in [0, 0.1) is 5.41 Å². The van der Waals surface area contributed by atoms with Gasteiger partial charge in [-0.25, -0.2) is 0 Å². The molecule has 0 aromatic heterocycles. The topological polar surface area (TPSA) is 12.5 Å². The third kappa shape index (κ3) is 5.76. The maximum atomic E-state index is 5.65. The molecule has 0 aliphatic rings. The van der Waals surface area contributed by atoms with Gasteiger partial charge in [0.05, 0.1) is 0 Å². The van der Waals surface area contributed by atoms with Crippen LogP contribution < -0.4 is 4.74 Å². The standard InChI is InChI=1S/C14H23NO/c1-14(2,3)12-15(4)10-11-16-13-8-6-5-7-9-13/h5-9H,10-12H2,1-4H3. The van der Waals surface area contributed by atoms with Gasteiger partial charge in [0, 0.05) is 13.1 Å². The van der Waals surface area contributed by atoms with Gasteiger partial charge in [0.15, 0.2) is 0 Å². The Hall–Kier alpha value is -1.02. The normalized spacial score (nSPS) is 11.8. The maximum Gasteiger partial charge on any atom is 0.119 e. The Bertz CT molecular complexity index is 289. The second-order valence-electron chi connectivity index (χ2n) is 5.46. The van der Waals surface area contributed by atoms with Gasteiger partial charge in [-0.05, 0) is 24.6 Å². The molecule has 0 fully saturated rings. The predicted octanol–water partition coefficient (Wildman–Crippen LogP) is 3.04. The van der Waals surface area contributed by atoms with Crippen LogP contribution in [0.5, 0.6) is 5.75 Å². The smallest absolute Gasteiger partial charge is 0.119 e. The highest BCUT2D eigenvalue weighted by Gasteiger charge is 2.12. The molecule has 1 aromatic rings. The maximum absolute atomic E-state index is 5.65. The number of benzene rings is 1. The van der Waals surface area contributed by atoms with Crippen LogP contribution in [0.1, 0.15) is 20.8 Å². The lowest BCUT2D eigenvalue weighted by molar-refractivity contribution is 0.188. The predicted molar refractivity (Wildman–Crippen MR) is 68.9 cm³/mol. The average molecular weight is 221 g/mol. The molecular weight excluding hydrogens is 198 g/mol. The van der Waals surface area contributed by atoms with Gasteiger partial charge in [-0.15, -0.1) is 0 Å². The van der Waals surface area contributed by atoms with E-state index in [1.54, 1.807) is 0 Å². The third-order valence-electron chi connectivity index (χ3n) is 2.23. The summed E-state index contributed by atoms with van der Waals surface area (Å²) < 4.78 is 5.65. The number of likely N-dealkylation sites (N-methyl/N-ethyl adjacent to an activating group) is 1. The van der Waals surface area contributed by atoms with Gasteiger partial charge in [-0.3, -0.25) is 0 Å². The van der Waals surface area contributed by atoms with Crippen molar-refractivity contribution >= 4 is 0 Å². The zero-order valence-electron chi connectivity index (χ0n) is 10.9. The van der Waals surface area contributed by atoms with Crippen molar-refractivity contribution in [1.29, 1.82) is 0 Å². The number of rotatable bonds is 5. The molecule has 16 heavy (non-hydrogen) atoms. The van der Waals surface area contributed by atoms with Crippen LogP contribution in [0.25, 0.3) is 0 Å². The first-order chi connectivity index (χ1) is 7.47. The van der Waals surface area contributed by atoms with E-state index in [1.807, 2.05) is 30.3 Å². The summed E-state index contributed by atoms with van der Waals surface area (Å²) in [5, 5.41) is 0. The number of hydrogen-bond donors (Lipinski definition) is 0. The lowest BCUT2D eigenvalue weighted by Gasteiger charge is -2.26. The second-order valence-corrected chi connectivity index (χ2v) is 5.46. The van der Waals surface area contributed by atoms with Crippen molar-refractivity contribution in [2.24, 2.45) is 5.41 Å². The van der Waals surface area contributed by atoms with Gasteiger partial charge in [-0.2, -0.15) is 0 Å². The zero-order chi connectivity index (χ0) is 12.0. The highest BCUT2D eigenvalue weighted by molar-refractivity contribution is 5.20. The molecule has 0 atom stereocenters. The van der Waals surface area contributed by atoms with Gasteiger partial charge in [-0.1, -0.05) is 39.0 Å². The molecule has 0 aliphatic carbocycles. The minimum absolute atomic E-state index is 0.349. The van der Waals surface area contributed by atoms with E-state index in [1.165, 1.54) is 0 Å². The lowest BCUT2D eigenvalue weighted by Crippen LogP contribution is -2.32. The molecule has 1 aromatic carbocycles.